The Morgan fingerprint density at radius 2 is 1.68 bits per heavy atom. The third-order valence-corrected chi connectivity index (χ3v) is 6.37. The molecule has 0 spiro atoms. The first-order valence-electron chi connectivity index (χ1n) is 9.02. The van der Waals surface area contributed by atoms with Crippen LogP contribution in [0.3, 0.4) is 0 Å². The van der Waals surface area contributed by atoms with E-state index < -0.39 is 33.4 Å². The van der Waals surface area contributed by atoms with E-state index in [-0.39, 0.29) is 22.7 Å². The number of hydrogen-bond acceptors (Lipinski definition) is 4. The first-order chi connectivity index (χ1) is 14.5. The van der Waals surface area contributed by atoms with Crippen molar-refractivity contribution in [1.82, 2.24) is 19.4 Å². The summed E-state index contributed by atoms with van der Waals surface area (Å²) < 4.78 is 67.8. The lowest BCUT2D eigenvalue weighted by molar-refractivity contribution is -0.143. The maximum absolute atomic E-state index is 13.7. The number of carbonyl (C=O) groups is 1. The van der Waals surface area contributed by atoms with E-state index in [1.54, 1.807) is 24.3 Å². The van der Waals surface area contributed by atoms with Gasteiger partial charge < -0.3 is 5.32 Å². The van der Waals surface area contributed by atoms with Gasteiger partial charge in [-0.2, -0.15) is 18.3 Å². The molecule has 0 unspecified atom stereocenters. The van der Waals surface area contributed by atoms with Gasteiger partial charge in [-0.3, -0.25) is 4.79 Å². The van der Waals surface area contributed by atoms with Crippen molar-refractivity contribution in [2.24, 2.45) is 0 Å². The standard InChI is InChI=1S/C20H19F3N4O3S/c1-26(2)31(29,30)17-11-7-6-8-14(17)12-24-19(28)16-13-25-27(18(16)20(21,22)23)15-9-4-3-5-10-15/h3-11,13H,12H2,1-2H3,(H,24,28). The first-order valence-corrected chi connectivity index (χ1v) is 10.5. The number of hydrogen-bond donors (Lipinski definition) is 1. The molecule has 7 nitrogen and oxygen atoms in total. The van der Waals surface area contributed by atoms with Gasteiger partial charge in [0, 0.05) is 20.6 Å². The van der Waals surface area contributed by atoms with E-state index >= 15 is 0 Å². The molecule has 3 aromatic rings. The Morgan fingerprint density at radius 3 is 2.29 bits per heavy atom. The molecule has 0 aliphatic carbocycles. The summed E-state index contributed by atoms with van der Waals surface area (Å²) in [5.74, 6) is -1.02. The lowest BCUT2D eigenvalue weighted by atomic mass is 10.2. The predicted molar refractivity (Wildman–Crippen MR) is 107 cm³/mol. The van der Waals surface area contributed by atoms with Crippen molar-refractivity contribution in [2.75, 3.05) is 14.1 Å². The number of benzene rings is 2. The van der Waals surface area contributed by atoms with Crippen LogP contribution in [0.1, 0.15) is 21.6 Å². The van der Waals surface area contributed by atoms with E-state index in [0.29, 0.717) is 4.68 Å². The molecule has 0 saturated heterocycles. The van der Waals surface area contributed by atoms with Crippen LogP contribution < -0.4 is 5.32 Å². The van der Waals surface area contributed by atoms with Gasteiger partial charge in [0.05, 0.1) is 22.3 Å². The van der Waals surface area contributed by atoms with Crippen molar-refractivity contribution in [3.63, 3.8) is 0 Å². The quantitative estimate of drug-likeness (QED) is 0.623. The molecule has 0 bridgehead atoms. The van der Waals surface area contributed by atoms with Crippen molar-refractivity contribution in [3.05, 3.63) is 77.6 Å². The maximum Gasteiger partial charge on any atom is 0.434 e. The topological polar surface area (TPSA) is 84.3 Å². The minimum atomic E-state index is -4.84. The van der Waals surface area contributed by atoms with Gasteiger partial charge in [0.2, 0.25) is 10.0 Å². The Morgan fingerprint density at radius 1 is 1.06 bits per heavy atom. The maximum atomic E-state index is 13.7. The molecule has 0 atom stereocenters. The fraction of sp³-hybridized carbons (Fsp3) is 0.200. The first kappa shape index (κ1) is 22.5. The highest BCUT2D eigenvalue weighted by molar-refractivity contribution is 7.89. The summed E-state index contributed by atoms with van der Waals surface area (Å²) >= 11 is 0. The van der Waals surface area contributed by atoms with Crippen LogP contribution in [0.4, 0.5) is 13.2 Å². The zero-order chi connectivity index (χ0) is 22.8. The van der Waals surface area contributed by atoms with Gasteiger partial charge in [0.25, 0.3) is 5.91 Å². The van der Waals surface area contributed by atoms with E-state index in [2.05, 4.69) is 10.4 Å². The van der Waals surface area contributed by atoms with Gasteiger partial charge in [0.15, 0.2) is 5.69 Å². The molecule has 0 fully saturated rings. The summed E-state index contributed by atoms with van der Waals surface area (Å²) in [5.41, 5.74) is -1.49. The number of halogens is 3. The second-order valence-electron chi connectivity index (χ2n) is 6.73. The highest BCUT2D eigenvalue weighted by Crippen LogP contribution is 2.33. The minimum Gasteiger partial charge on any atom is -0.348 e. The van der Waals surface area contributed by atoms with Gasteiger partial charge in [-0.05, 0) is 23.8 Å². The third kappa shape index (κ3) is 4.62. The number of rotatable bonds is 6. The Bertz CT molecular complexity index is 1190. The van der Waals surface area contributed by atoms with E-state index in [4.69, 9.17) is 0 Å². The van der Waals surface area contributed by atoms with Crippen molar-refractivity contribution >= 4 is 15.9 Å². The number of alkyl halides is 3. The average molecular weight is 452 g/mol. The van der Waals surface area contributed by atoms with Crippen LogP contribution in [0.5, 0.6) is 0 Å². The Balaban J connectivity index is 1.92. The summed E-state index contributed by atoms with van der Waals surface area (Å²) in [6.45, 7) is -0.282. The minimum absolute atomic E-state index is 0.0451. The molecule has 11 heteroatoms. The van der Waals surface area contributed by atoms with Gasteiger partial charge >= 0.3 is 6.18 Å². The molecule has 3 rings (SSSR count). The average Bonchev–Trinajstić information content (AvgIpc) is 3.18. The Hall–Kier alpha value is -3.18. The van der Waals surface area contributed by atoms with Crippen molar-refractivity contribution in [3.8, 4) is 5.69 Å². The highest BCUT2D eigenvalue weighted by atomic mass is 32.2. The van der Waals surface area contributed by atoms with Crippen LogP contribution >= 0.6 is 0 Å². The van der Waals surface area contributed by atoms with Crippen molar-refractivity contribution < 1.29 is 26.4 Å². The summed E-state index contributed by atoms with van der Waals surface area (Å²) in [7, 11) is -1.08. The third-order valence-electron chi connectivity index (χ3n) is 4.45. The van der Waals surface area contributed by atoms with Crippen LogP contribution in [-0.4, -0.2) is 42.5 Å². The molecule has 1 N–H and O–H groups in total. The molecular weight excluding hydrogens is 433 g/mol. The number of amides is 1. The summed E-state index contributed by atoms with van der Waals surface area (Å²) in [4.78, 5) is 12.6. The van der Waals surface area contributed by atoms with E-state index in [0.717, 1.165) is 10.5 Å². The molecule has 1 aromatic heterocycles. The Kier molecular flexibility index (Phi) is 6.18. The SMILES string of the molecule is CN(C)S(=O)(=O)c1ccccc1CNC(=O)c1cnn(-c2ccccc2)c1C(F)(F)F. The van der Waals surface area contributed by atoms with Crippen LogP contribution in [0.15, 0.2) is 65.7 Å². The van der Waals surface area contributed by atoms with Crippen molar-refractivity contribution in [2.45, 2.75) is 17.6 Å². The van der Waals surface area contributed by atoms with Crippen molar-refractivity contribution in [1.29, 1.82) is 0 Å². The van der Waals surface area contributed by atoms with Crippen LogP contribution in [0, 0.1) is 0 Å². The fourth-order valence-corrected chi connectivity index (χ4v) is 4.04. The number of nitrogens with zero attached hydrogens (tertiary/aromatic N) is 3. The zero-order valence-electron chi connectivity index (χ0n) is 16.6. The van der Waals surface area contributed by atoms with E-state index in [1.165, 1.54) is 44.4 Å². The lowest BCUT2D eigenvalue weighted by Crippen LogP contribution is -2.28. The number of aromatic nitrogens is 2. The van der Waals surface area contributed by atoms with E-state index in [9.17, 15) is 26.4 Å². The molecule has 0 radical (unpaired) electrons. The van der Waals surface area contributed by atoms with Crippen LogP contribution in [0.2, 0.25) is 0 Å². The smallest absolute Gasteiger partial charge is 0.348 e. The summed E-state index contributed by atoms with van der Waals surface area (Å²) in [6, 6.07) is 13.6. The second kappa shape index (κ2) is 8.52. The normalized spacial score (nSPS) is 12.2. The molecule has 0 saturated carbocycles. The molecule has 31 heavy (non-hydrogen) atoms. The molecular formula is C20H19F3N4O3S. The van der Waals surface area contributed by atoms with Gasteiger partial charge in [0.1, 0.15) is 0 Å². The second-order valence-corrected chi connectivity index (χ2v) is 8.85. The van der Waals surface area contributed by atoms with E-state index in [1.807, 2.05) is 0 Å². The fourth-order valence-electron chi connectivity index (χ4n) is 2.92. The molecule has 0 aliphatic heterocycles. The number of carbonyl (C=O) groups excluding carboxylic acids is 1. The number of nitrogens with one attached hydrogen (secondary N) is 1. The number of sulfonamides is 1. The molecule has 1 heterocycles. The number of para-hydroxylation sites is 1. The zero-order valence-corrected chi connectivity index (χ0v) is 17.4. The van der Waals surface area contributed by atoms with Gasteiger partial charge in [-0.1, -0.05) is 36.4 Å². The molecule has 2 aromatic carbocycles. The summed E-state index contributed by atoms with van der Waals surface area (Å²) in [6.07, 6.45) is -4.00. The van der Waals surface area contributed by atoms with Gasteiger partial charge in [-0.25, -0.2) is 17.4 Å². The Labute approximate surface area is 177 Å². The molecule has 1 amide bonds. The van der Waals surface area contributed by atoms with Gasteiger partial charge in [-0.15, -0.1) is 0 Å². The van der Waals surface area contributed by atoms with Crippen LogP contribution in [-0.2, 0) is 22.7 Å². The molecule has 164 valence electrons. The molecule has 0 aliphatic rings. The summed E-state index contributed by atoms with van der Waals surface area (Å²) in [5, 5.41) is 6.11. The van der Waals surface area contributed by atoms with Crippen LogP contribution in [0.25, 0.3) is 5.69 Å². The predicted octanol–water partition coefficient (Wildman–Crippen LogP) is 3.07. The largest absolute Gasteiger partial charge is 0.434 e. The lowest BCUT2D eigenvalue weighted by Gasteiger charge is -2.16. The monoisotopic (exact) mass is 452 g/mol. The highest BCUT2D eigenvalue weighted by Gasteiger charge is 2.40.